The van der Waals surface area contributed by atoms with E-state index in [-0.39, 0.29) is 10.8 Å². The zero-order valence-corrected chi connectivity index (χ0v) is 15.4. The lowest BCUT2D eigenvalue weighted by Gasteiger charge is -2.49. The normalized spacial score (nSPS) is 29.2. The zero-order valence-electron chi connectivity index (χ0n) is 15.4. The van der Waals surface area contributed by atoms with Crippen molar-refractivity contribution in [3.05, 3.63) is 0 Å². The molecule has 130 valence electrons. The fourth-order valence-electron chi connectivity index (χ4n) is 5.81. The smallest absolute Gasteiger partial charge is 0.0658 e. The fourth-order valence-corrected chi connectivity index (χ4v) is 5.81. The second-order valence-electron chi connectivity index (χ2n) is 10.1. The number of hydrogen-bond acceptors (Lipinski definition) is 2. The van der Waals surface area contributed by atoms with Gasteiger partial charge in [-0.2, -0.15) is 0 Å². The van der Waals surface area contributed by atoms with E-state index in [0.717, 1.165) is 51.4 Å². The Morgan fingerprint density at radius 2 is 1.09 bits per heavy atom. The summed E-state index contributed by atoms with van der Waals surface area (Å²) in [7, 11) is 0. The molecule has 0 bridgehead atoms. The van der Waals surface area contributed by atoms with E-state index in [1.807, 2.05) is 0 Å². The topological polar surface area (TPSA) is 40.5 Å². The quantitative estimate of drug-likeness (QED) is 0.684. The number of aliphatic hydroxyl groups is 2. The van der Waals surface area contributed by atoms with Crippen LogP contribution in [0.3, 0.4) is 0 Å². The summed E-state index contributed by atoms with van der Waals surface area (Å²) in [6.07, 6.45) is 12.6. The van der Waals surface area contributed by atoms with Crippen LogP contribution in [0.25, 0.3) is 0 Å². The van der Waals surface area contributed by atoms with Crippen LogP contribution in [0.2, 0.25) is 0 Å². The molecule has 2 N–H and O–H groups in total. The highest BCUT2D eigenvalue weighted by atomic mass is 16.3. The second kappa shape index (κ2) is 6.43. The summed E-state index contributed by atoms with van der Waals surface area (Å²) in [5.41, 5.74) is -0.428. The summed E-state index contributed by atoms with van der Waals surface area (Å²) in [4.78, 5) is 0. The molecule has 22 heavy (non-hydrogen) atoms. The van der Waals surface area contributed by atoms with Crippen molar-refractivity contribution in [1.82, 2.24) is 0 Å². The summed E-state index contributed by atoms with van der Waals surface area (Å²) < 4.78 is 0. The van der Waals surface area contributed by atoms with Crippen LogP contribution >= 0.6 is 0 Å². The molecule has 2 fully saturated rings. The third-order valence-electron chi connectivity index (χ3n) is 5.89. The largest absolute Gasteiger partial charge is 0.390 e. The molecular weight excluding hydrogens is 272 g/mol. The van der Waals surface area contributed by atoms with E-state index in [4.69, 9.17) is 0 Å². The van der Waals surface area contributed by atoms with Gasteiger partial charge in [0.15, 0.2) is 0 Å². The molecule has 0 aromatic rings. The van der Waals surface area contributed by atoms with E-state index >= 15 is 0 Å². The lowest BCUT2D eigenvalue weighted by Crippen LogP contribution is -2.46. The molecule has 0 unspecified atom stereocenters. The maximum Gasteiger partial charge on any atom is 0.0658 e. The van der Waals surface area contributed by atoms with Gasteiger partial charge in [-0.05, 0) is 55.8 Å². The van der Waals surface area contributed by atoms with E-state index in [9.17, 15) is 10.2 Å². The van der Waals surface area contributed by atoms with Crippen molar-refractivity contribution in [2.75, 3.05) is 0 Å². The minimum Gasteiger partial charge on any atom is -0.390 e. The van der Waals surface area contributed by atoms with Crippen molar-refractivity contribution in [2.45, 2.75) is 116 Å². The molecule has 2 aliphatic carbocycles. The van der Waals surface area contributed by atoms with Crippen molar-refractivity contribution in [3.63, 3.8) is 0 Å². The molecule has 2 saturated carbocycles. The van der Waals surface area contributed by atoms with Crippen molar-refractivity contribution in [3.8, 4) is 0 Å². The first-order chi connectivity index (χ1) is 10.0. The van der Waals surface area contributed by atoms with Crippen molar-refractivity contribution in [1.29, 1.82) is 0 Å². The van der Waals surface area contributed by atoms with E-state index < -0.39 is 11.2 Å². The molecule has 0 heterocycles. The van der Waals surface area contributed by atoms with Crippen LogP contribution in [-0.2, 0) is 0 Å². The third-order valence-corrected chi connectivity index (χ3v) is 5.89. The van der Waals surface area contributed by atoms with Crippen LogP contribution in [0.15, 0.2) is 0 Å². The van der Waals surface area contributed by atoms with Gasteiger partial charge < -0.3 is 10.2 Å². The number of unbranched alkanes of at least 4 members (excludes halogenated alkanes) is 1. The molecule has 0 aliphatic heterocycles. The van der Waals surface area contributed by atoms with Crippen LogP contribution in [0, 0.1) is 10.8 Å². The summed E-state index contributed by atoms with van der Waals surface area (Å²) in [5.74, 6) is 0. The van der Waals surface area contributed by atoms with E-state index in [1.54, 1.807) is 0 Å². The van der Waals surface area contributed by atoms with Crippen molar-refractivity contribution < 1.29 is 10.2 Å². The van der Waals surface area contributed by atoms with Gasteiger partial charge in [-0.15, -0.1) is 0 Å². The van der Waals surface area contributed by atoms with Crippen molar-refractivity contribution >= 4 is 0 Å². The fraction of sp³-hybridized carbons (Fsp3) is 1.00. The second-order valence-corrected chi connectivity index (χ2v) is 10.1. The zero-order chi connectivity index (χ0) is 16.5. The lowest BCUT2D eigenvalue weighted by atomic mass is 9.58. The van der Waals surface area contributed by atoms with Crippen LogP contribution in [-0.4, -0.2) is 21.4 Å². The predicted molar refractivity (Wildman–Crippen MR) is 92.9 cm³/mol. The molecule has 0 amide bonds. The van der Waals surface area contributed by atoms with Crippen LogP contribution < -0.4 is 0 Å². The molecule has 0 atom stereocenters. The van der Waals surface area contributed by atoms with Gasteiger partial charge in [-0.25, -0.2) is 0 Å². The molecule has 0 aromatic heterocycles. The SMILES string of the molecule is CC1(C)CC(C)(C)CC(O)(CCCCC2(O)CCCCC2)C1. The van der Waals surface area contributed by atoms with Gasteiger partial charge in [0.05, 0.1) is 11.2 Å². The molecule has 2 nitrogen and oxygen atoms in total. The molecule has 0 aromatic carbocycles. The van der Waals surface area contributed by atoms with Gasteiger partial charge >= 0.3 is 0 Å². The highest BCUT2D eigenvalue weighted by Gasteiger charge is 2.45. The number of rotatable bonds is 5. The van der Waals surface area contributed by atoms with Gasteiger partial charge in [-0.3, -0.25) is 0 Å². The molecule has 0 spiro atoms. The summed E-state index contributed by atoms with van der Waals surface area (Å²) in [6.45, 7) is 9.18. The standard InChI is InChI=1S/C20H38O2/c1-17(2)14-18(3,4)16-20(22,15-17)13-9-8-12-19(21)10-6-5-7-11-19/h21-22H,5-16H2,1-4H3. The first kappa shape index (κ1) is 18.3. The Labute approximate surface area is 137 Å². The first-order valence-electron chi connectivity index (χ1n) is 9.48. The maximum atomic E-state index is 11.1. The minimum absolute atomic E-state index is 0.234. The Hall–Kier alpha value is -0.0800. The van der Waals surface area contributed by atoms with Crippen molar-refractivity contribution in [2.24, 2.45) is 10.8 Å². The van der Waals surface area contributed by atoms with Gasteiger partial charge in [0.1, 0.15) is 0 Å². The molecule has 2 rings (SSSR count). The van der Waals surface area contributed by atoms with E-state index in [0.29, 0.717) is 0 Å². The molecule has 0 saturated heterocycles. The summed E-state index contributed by atoms with van der Waals surface area (Å²) >= 11 is 0. The summed E-state index contributed by atoms with van der Waals surface area (Å²) in [6, 6.07) is 0. The van der Waals surface area contributed by atoms with Crippen LogP contribution in [0.5, 0.6) is 0 Å². The Kier molecular flexibility index (Phi) is 5.34. The molecule has 0 radical (unpaired) electrons. The monoisotopic (exact) mass is 310 g/mol. The minimum atomic E-state index is -0.500. The molecule has 2 aliphatic rings. The average molecular weight is 311 g/mol. The Bertz CT molecular complexity index is 348. The third kappa shape index (κ3) is 5.23. The van der Waals surface area contributed by atoms with E-state index in [1.165, 1.54) is 25.7 Å². The van der Waals surface area contributed by atoms with Crippen LogP contribution in [0.1, 0.15) is 105 Å². The van der Waals surface area contributed by atoms with Gasteiger partial charge in [0.25, 0.3) is 0 Å². The Morgan fingerprint density at radius 3 is 1.59 bits per heavy atom. The lowest BCUT2D eigenvalue weighted by molar-refractivity contribution is -0.0926. The average Bonchev–Trinajstić information content (AvgIpc) is 2.31. The Balaban J connectivity index is 1.80. The summed E-state index contributed by atoms with van der Waals surface area (Å²) in [5, 5.41) is 21.7. The van der Waals surface area contributed by atoms with E-state index in [2.05, 4.69) is 27.7 Å². The predicted octanol–water partition coefficient (Wildman–Crippen LogP) is 5.21. The Morgan fingerprint density at radius 1 is 0.636 bits per heavy atom. The highest BCUT2D eigenvalue weighted by Crippen LogP contribution is 2.51. The van der Waals surface area contributed by atoms with Gasteiger partial charge in [0, 0.05) is 0 Å². The van der Waals surface area contributed by atoms with Gasteiger partial charge in [0.2, 0.25) is 0 Å². The maximum absolute atomic E-state index is 11.1. The molecular formula is C20H38O2. The number of hydrogen-bond donors (Lipinski definition) is 2. The highest BCUT2D eigenvalue weighted by molar-refractivity contribution is 4.97. The van der Waals surface area contributed by atoms with Crippen LogP contribution in [0.4, 0.5) is 0 Å². The van der Waals surface area contributed by atoms with Gasteiger partial charge in [-0.1, -0.05) is 59.8 Å². The first-order valence-corrected chi connectivity index (χ1v) is 9.48. The molecule has 2 heteroatoms.